The fourth-order valence-electron chi connectivity index (χ4n) is 3.58. The van der Waals surface area contributed by atoms with Crippen molar-refractivity contribution in [1.29, 1.82) is 0 Å². The van der Waals surface area contributed by atoms with Crippen molar-refractivity contribution in [2.24, 2.45) is 0 Å². The van der Waals surface area contributed by atoms with Crippen molar-refractivity contribution >= 4 is 5.97 Å². The molecule has 0 bridgehead atoms. The molecule has 0 aliphatic heterocycles. The molecule has 2 N–H and O–H groups in total. The van der Waals surface area contributed by atoms with Crippen LogP contribution in [0, 0.1) is 0 Å². The number of benzene rings is 1. The van der Waals surface area contributed by atoms with Crippen LogP contribution in [0.15, 0.2) is 12.1 Å². The summed E-state index contributed by atoms with van der Waals surface area (Å²) in [6, 6.07) is 4.07. The van der Waals surface area contributed by atoms with Crippen molar-refractivity contribution in [2.75, 3.05) is 13.2 Å². The molecule has 1 rings (SSSR count). The molecule has 0 spiro atoms. The number of aromatic hydroxyl groups is 1. The first kappa shape index (κ1) is 26.5. The van der Waals surface area contributed by atoms with Gasteiger partial charge in [0.1, 0.15) is 5.75 Å². The van der Waals surface area contributed by atoms with Crippen LogP contribution in [-0.4, -0.2) is 29.4 Å². The molecule has 0 aliphatic rings. The smallest absolute Gasteiger partial charge is 0.306 e. The Morgan fingerprint density at radius 2 is 1.30 bits per heavy atom. The van der Waals surface area contributed by atoms with E-state index in [0.29, 0.717) is 25.2 Å². The molecule has 0 aromatic heterocycles. The first-order valence-corrected chi connectivity index (χ1v) is 11.6. The molecule has 1 aromatic rings. The summed E-state index contributed by atoms with van der Waals surface area (Å²) in [5.41, 5.74) is 2.59. The number of carbonyl (C=O) groups is 1. The van der Waals surface area contributed by atoms with Crippen LogP contribution in [0.1, 0.15) is 110 Å². The van der Waals surface area contributed by atoms with Crippen LogP contribution in [0.3, 0.4) is 0 Å². The number of hydrogen-bond donors (Lipinski definition) is 2. The second-order valence-electron chi connectivity index (χ2n) is 10.5. The first-order chi connectivity index (χ1) is 14.0. The third kappa shape index (κ3) is 9.51. The van der Waals surface area contributed by atoms with E-state index in [9.17, 15) is 9.90 Å². The van der Waals surface area contributed by atoms with Crippen LogP contribution in [0.25, 0.3) is 0 Å². The number of esters is 1. The lowest BCUT2D eigenvalue weighted by Gasteiger charge is -2.28. The van der Waals surface area contributed by atoms with Gasteiger partial charge < -0.3 is 14.9 Å². The van der Waals surface area contributed by atoms with Crippen LogP contribution in [-0.2, 0) is 26.8 Å². The van der Waals surface area contributed by atoms with Crippen molar-refractivity contribution in [2.45, 2.75) is 110 Å². The largest absolute Gasteiger partial charge is 0.507 e. The van der Waals surface area contributed by atoms with Gasteiger partial charge in [-0.05, 0) is 46.8 Å². The topological polar surface area (TPSA) is 66.8 Å². The number of aryl methyl sites for hydroxylation is 1. The van der Waals surface area contributed by atoms with Crippen LogP contribution >= 0.6 is 0 Å². The Kier molecular flexibility index (Phi) is 10.9. The zero-order chi connectivity index (χ0) is 22.8. The van der Waals surface area contributed by atoms with Crippen LogP contribution in [0.4, 0.5) is 0 Å². The fraction of sp³-hybridized carbons (Fsp3) is 0.731. The van der Waals surface area contributed by atoms with Gasteiger partial charge in [0.05, 0.1) is 6.61 Å². The summed E-state index contributed by atoms with van der Waals surface area (Å²) in [5, 5.41) is 19.6. The normalized spacial score (nSPS) is 12.2. The molecule has 4 nitrogen and oxygen atoms in total. The standard InChI is InChI=1S/C26H44O4/c1-25(2,3)21-18-20(19-22(24(21)29)26(4,5)6)14-15-23(28)30-17-13-11-9-7-8-10-12-16-27/h18-19,27,29H,7-17H2,1-6H3. The Morgan fingerprint density at radius 3 is 1.77 bits per heavy atom. The predicted molar refractivity (Wildman–Crippen MR) is 124 cm³/mol. The number of hydrogen-bond acceptors (Lipinski definition) is 4. The lowest BCUT2D eigenvalue weighted by molar-refractivity contribution is -0.143. The van der Waals surface area contributed by atoms with Gasteiger partial charge in [-0.15, -0.1) is 0 Å². The van der Waals surface area contributed by atoms with E-state index in [1.807, 2.05) is 12.1 Å². The van der Waals surface area contributed by atoms with Crippen molar-refractivity contribution in [1.82, 2.24) is 0 Å². The highest BCUT2D eigenvalue weighted by Gasteiger charge is 2.26. The molecule has 0 unspecified atom stereocenters. The maximum absolute atomic E-state index is 12.2. The van der Waals surface area contributed by atoms with Crippen LogP contribution in [0.5, 0.6) is 5.75 Å². The lowest BCUT2D eigenvalue weighted by Crippen LogP contribution is -2.18. The summed E-state index contributed by atoms with van der Waals surface area (Å²) >= 11 is 0. The van der Waals surface area contributed by atoms with Gasteiger partial charge in [0.25, 0.3) is 0 Å². The number of phenolic OH excluding ortho intramolecular Hbond substituents is 1. The molecule has 0 fully saturated rings. The molecule has 30 heavy (non-hydrogen) atoms. The third-order valence-corrected chi connectivity index (χ3v) is 5.47. The molecule has 0 saturated heterocycles. The second kappa shape index (κ2) is 12.3. The molecule has 0 radical (unpaired) electrons. The minimum absolute atomic E-state index is 0.152. The molecule has 1 aromatic carbocycles. The van der Waals surface area contributed by atoms with E-state index in [0.717, 1.165) is 48.8 Å². The van der Waals surface area contributed by atoms with Crippen molar-refractivity contribution in [3.8, 4) is 5.75 Å². The van der Waals surface area contributed by atoms with E-state index in [-0.39, 0.29) is 23.4 Å². The van der Waals surface area contributed by atoms with Crippen molar-refractivity contribution in [3.05, 3.63) is 28.8 Å². The summed E-state index contributed by atoms with van der Waals surface area (Å²) in [5.74, 6) is 0.221. The van der Waals surface area contributed by atoms with Gasteiger partial charge in [-0.1, -0.05) is 85.8 Å². The average Bonchev–Trinajstić information content (AvgIpc) is 2.64. The Bertz CT molecular complexity index is 615. The lowest BCUT2D eigenvalue weighted by atomic mass is 9.78. The zero-order valence-electron chi connectivity index (χ0n) is 20.1. The summed E-state index contributed by atoms with van der Waals surface area (Å²) in [4.78, 5) is 12.2. The molecule has 0 amide bonds. The maximum Gasteiger partial charge on any atom is 0.306 e. The predicted octanol–water partition coefficient (Wildman–Crippen LogP) is 6.19. The molecule has 0 heterocycles. The Morgan fingerprint density at radius 1 is 0.833 bits per heavy atom. The van der Waals surface area contributed by atoms with Crippen molar-refractivity contribution in [3.63, 3.8) is 0 Å². The first-order valence-electron chi connectivity index (χ1n) is 11.6. The van der Waals surface area contributed by atoms with Crippen LogP contribution < -0.4 is 0 Å². The summed E-state index contributed by atoms with van der Waals surface area (Å²) < 4.78 is 5.41. The van der Waals surface area contributed by atoms with Gasteiger partial charge >= 0.3 is 5.97 Å². The number of aliphatic hydroxyl groups is 1. The highest BCUT2D eigenvalue weighted by atomic mass is 16.5. The number of phenols is 1. The number of carbonyl (C=O) groups excluding carboxylic acids is 1. The third-order valence-electron chi connectivity index (χ3n) is 5.47. The fourth-order valence-corrected chi connectivity index (χ4v) is 3.58. The number of aliphatic hydroxyl groups excluding tert-OH is 1. The number of ether oxygens (including phenoxy) is 1. The number of rotatable bonds is 12. The van der Waals surface area contributed by atoms with Crippen molar-refractivity contribution < 1.29 is 19.7 Å². The zero-order valence-corrected chi connectivity index (χ0v) is 20.1. The molecule has 0 aliphatic carbocycles. The van der Waals surface area contributed by atoms with Gasteiger partial charge in [0.15, 0.2) is 0 Å². The number of unbranched alkanes of at least 4 members (excludes halogenated alkanes) is 6. The Hall–Kier alpha value is -1.55. The summed E-state index contributed by atoms with van der Waals surface area (Å²) in [6.07, 6.45) is 8.46. The molecular formula is C26H44O4. The Balaban J connectivity index is 2.51. The molecule has 0 atom stereocenters. The maximum atomic E-state index is 12.2. The highest BCUT2D eigenvalue weighted by Crippen LogP contribution is 2.40. The Labute approximate surface area is 184 Å². The van der Waals surface area contributed by atoms with Gasteiger partial charge in [-0.25, -0.2) is 0 Å². The quantitative estimate of drug-likeness (QED) is 0.313. The second-order valence-corrected chi connectivity index (χ2v) is 10.5. The van der Waals surface area contributed by atoms with Crippen LogP contribution in [0.2, 0.25) is 0 Å². The average molecular weight is 421 g/mol. The van der Waals surface area contributed by atoms with Gasteiger partial charge in [-0.3, -0.25) is 4.79 Å². The highest BCUT2D eigenvalue weighted by molar-refractivity contribution is 5.69. The molecular weight excluding hydrogens is 376 g/mol. The monoisotopic (exact) mass is 420 g/mol. The molecule has 4 heteroatoms. The summed E-state index contributed by atoms with van der Waals surface area (Å²) in [7, 11) is 0. The minimum Gasteiger partial charge on any atom is -0.507 e. The molecule has 0 saturated carbocycles. The van der Waals surface area contributed by atoms with Gasteiger partial charge in [0, 0.05) is 13.0 Å². The van der Waals surface area contributed by atoms with E-state index in [2.05, 4.69) is 41.5 Å². The van der Waals surface area contributed by atoms with E-state index in [1.54, 1.807) is 0 Å². The van der Waals surface area contributed by atoms with E-state index in [1.165, 1.54) is 12.8 Å². The minimum atomic E-state index is -0.168. The van der Waals surface area contributed by atoms with E-state index < -0.39 is 0 Å². The molecule has 172 valence electrons. The van der Waals surface area contributed by atoms with Gasteiger partial charge in [-0.2, -0.15) is 0 Å². The van der Waals surface area contributed by atoms with E-state index in [4.69, 9.17) is 9.84 Å². The summed E-state index contributed by atoms with van der Waals surface area (Å²) in [6.45, 7) is 13.4. The SMILES string of the molecule is CC(C)(C)c1cc(CCC(=O)OCCCCCCCCCO)cc(C(C)(C)C)c1O. The van der Waals surface area contributed by atoms with Gasteiger partial charge in [0.2, 0.25) is 0 Å². The van der Waals surface area contributed by atoms with E-state index >= 15 is 0 Å².